The second-order valence-electron chi connectivity index (χ2n) is 6.49. The molecule has 22 heavy (non-hydrogen) atoms. The van der Waals surface area contributed by atoms with E-state index in [0.717, 1.165) is 19.3 Å². The molecule has 2 amide bonds. The number of urea groups is 1. The van der Waals surface area contributed by atoms with Gasteiger partial charge in [-0.05, 0) is 13.3 Å². The zero-order valence-electron chi connectivity index (χ0n) is 14.5. The molecule has 0 unspecified atom stereocenters. The number of nitrogens with two attached hydrogens (primary N) is 1. The van der Waals surface area contributed by atoms with E-state index in [1.54, 1.807) is 6.92 Å². The first-order valence-corrected chi connectivity index (χ1v) is 8.80. The molecular formula is C17H36N2O3. The van der Waals surface area contributed by atoms with Gasteiger partial charge in [-0.3, -0.25) is 0 Å². The van der Waals surface area contributed by atoms with Crippen molar-refractivity contribution < 1.29 is 15.0 Å². The summed E-state index contributed by atoms with van der Waals surface area (Å²) in [5.74, 6) is 0. The minimum atomic E-state index is -0.967. The normalized spacial score (nSPS) is 11.6. The minimum absolute atomic E-state index is 0.288. The molecule has 132 valence electrons. The lowest BCUT2D eigenvalue weighted by atomic mass is 10.0. The van der Waals surface area contributed by atoms with Crippen LogP contribution in [-0.4, -0.2) is 46.4 Å². The van der Waals surface area contributed by atoms with Crippen LogP contribution in [-0.2, 0) is 0 Å². The molecule has 0 aromatic heterocycles. The minimum Gasteiger partial charge on any atom is -0.394 e. The average molecular weight is 316 g/mol. The number of nitrogens with zero attached hydrogens (tertiary/aromatic N) is 1. The summed E-state index contributed by atoms with van der Waals surface area (Å²) in [7, 11) is 0. The maximum atomic E-state index is 11.5. The van der Waals surface area contributed by atoms with Crippen LogP contribution in [0, 0.1) is 0 Å². The monoisotopic (exact) mass is 316 g/mol. The molecule has 0 saturated carbocycles. The molecule has 0 bridgehead atoms. The van der Waals surface area contributed by atoms with Crippen molar-refractivity contribution in [1.82, 2.24) is 4.90 Å². The maximum Gasteiger partial charge on any atom is 0.315 e. The van der Waals surface area contributed by atoms with Crippen molar-refractivity contribution in [2.75, 3.05) is 19.8 Å². The third-order valence-corrected chi connectivity index (χ3v) is 4.33. The van der Waals surface area contributed by atoms with Crippen molar-refractivity contribution in [2.24, 2.45) is 5.73 Å². The van der Waals surface area contributed by atoms with E-state index in [0.29, 0.717) is 6.54 Å². The predicted octanol–water partition coefficient (Wildman–Crippen LogP) is 3.03. The number of amides is 2. The summed E-state index contributed by atoms with van der Waals surface area (Å²) in [5.41, 5.74) is 4.39. The Hall–Kier alpha value is -0.810. The molecule has 0 aliphatic heterocycles. The fourth-order valence-corrected chi connectivity index (χ4v) is 2.62. The first-order chi connectivity index (χ1) is 10.5. The molecule has 5 nitrogen and oxygen atoms in total. The molecule has 4 N–H and O–H groups in total. The van der Waals surface area contributed by atoms with Gasteiger partial charge in [0.2, 0.25) is 0 Å². The van der Waals surface area contributed by atoms with Gasteiger partial charge >= 0.3 is 6.03 Å². The summed E-state index contributed by atoms with van der Waals surface area (Å²) in [5, 5.41) is 18.7. The molecule has 0 aliphatic carbocycles. The number of unbranched alkanes of at least 4 members (excludes halogenated alkanes) is 9. The Balaban J connectivity index is 3.76. The van der Waals surface area contributed by atoms with Crippen molar-refractivity contribution in [1.29, 1.82) is 0 Å². The second kappa shape index (κ2) is 12.7. The summed E-state index contributed by atoms with van der Waals surface area (Å²) in [4.78, 5) is 12.9. The number of hydrogen-bond acceptors (Lipinski definition) is 3. The summed E-state index contributed by atoms with van der Waals surface area (Å²) >= 11 is 0. The number of primary amides is 1. The fraction of sp³-hybridized carbons (Fsp3) is 0.941. The number of carbonyl (C=O) groups excluding carboxylic acids is 1. The SMILES string of the molecule is CCCCCCCCCCCCN(C(N)=O)C(C)(CO)CO. The third kappa shape index (κ3) is 8.59. The molecule has 0 aliphatic rings. The van der Waals surface area contributed by atoms with Crippen LogP contribution in [0.1, 0.15) is 78.1 Å². The van der Waals surface area contributed by atoms with Crippen LogP contribution in [0.4, 0.5) is 4.79 Å². The van der Waals surface area contributed by atoms with Crippen LogP contribution in [0.3, 0.4) is 0 Å². The molecule has 0 fully saturated rings. The highest BCUT2D eigenvalue weighted by Crippen LogP contribution is 2.16. The van der Waals surface area contributed by atoms with Crippen LogP contribution in [0.2, 0.25) is 0 Å². The highest BCUT2D eigenvalue weighted by molar-refractivity contribution is 5.73. The van der Waals surface area contributed by atoms with Crippen LogP contribution in [0.5, 0.6) is 0 Å². The zero-order valence-corrected chi connectivity index (χ0v) is 14.5. The summed E-state index contributed by atoms with van der Waals surface area (Å²) < 4.78 is 0. The summed E-state index contributed by atoms with van der Waals surface area (Å²) in [6, 6.07) is -0.582. The maximum absolute atomic E-state index is 11.5. The van der Waals surface area contributed by atoms with Crippen LogP contribution in [0.15, 0.2) is 0 Å². The standard InChI is InChI=1S/C17H36N2O3/c1-3-4-5-6-7-8-9-10-11-12-13-19(16(18)22)17(2,14-20)15-21/h20-21H,3-15H2,1-2H3,(H2,18,22). The first kappa shape index (κ1) is 21.2. The largest absolute Gasteiger partial charge is 0.394 e. The van der Waals surface area contributed by atoms with E-state index >= 15 is 0 Å². The molecule has 0 radical (unpaired) electrons. The smallest absolute Gasteiger partial charge is 0.315 e. The molecule has 0 spiro atoms. The number of hydrogen-bond donors (Lipinski definition) is 3. The molecule has 0 aromatic carbocycles. The van der Waals surface area contributed by atoms with Crippen molar-refractivity contribution >= 4 is 6.03 Å². The lowest BCUT2D eigenvalue weighted by Gasteiger charge is -2.37. The Morgan fingerprint density at radius 2 is 1.32 bits per heavy atom. The van der Waals surface area contributed by atoms with Crippen LogP contribution < -0.4 is 5.73 Å². The van der Waals surface area contributed by atoms with Gasteiger partial charge in [-0.25, -0.2) is 4.79 Å². The third-order valence-electron chi connectivity index (χ3n) is 4.33. The Morgan fingerprint density at radius 3 is 1.68 bits per heavy atom. The second-order valence-corrected chi connectivity index (χ2v) is 6.49. The van der Waals surface area contributed by atoms with Gasteiger partial charge in [0.05, 0.1) is 18.8 Å². The first-order valence-electron chi connectivity index (χ1n) is 8.80. The van der Waals surface area contributed by atoms with E-state index in [9.17, 15) is 15.0 Å². The lowest BCUT2D eigenvalue weighted by Crippen LogP contribution is -2.56. The van der Waals surface area contributed by atoms with Crippen molar-refractivity contribution in [3.05, 3.63) is 0 Å². The molecular weight excluding hydrogens is 280 g/mol. The van der Waals surface area contributed by atoms with Gasteiger partial charge in [0.25, 0.3) is 0 Å². The highest BCUT2D eigenvalue weighted by atomic mass is 16.3. The van der Waals surface area contributed by atoms with Gasteiger partial charge in [0.15, 0.2) is 0 Å². The Labute approximate surface area is 135 Å². The van der Waals surface area contributed by atoms with Crippen molar-refractivity contribution in [3.63, 3.8) is 0 Å². The highest BCUT2D eigenvalue weighted by Gasteiger charge is 2.32. The van der Waals surface area contributed by atoms with E-state index in [-0.39, 0.29) is 13.2 Å². The van der Waals surface area contributed by atoms with Gasteiger partial charge in [-0.1, -0.05) is 64.7 Å². The summed E-state index contributed by atoms with van der Waals surface area (Å²) in [6.07, 6.45) is 12.2. The molecule has 0 atom stereocenters. The van der Waals surface area contributed by atoms with Crippen molar-refractivity contribution in [3.8, 4) is 0 Å². The average Bonchev–Trinajstić information content (AvgIpc) is 2.51. The van der Waals surface area contributed by atoms with Gasteiger partial charge in [-0.2, -0.15) is 0 Å². The lowest BCUT2D eigenvalue weighted by molar-refractivity contribution is 0.0245. The Kier molecular flexibility index (Phi) is 12.2. The summed E-state index contributed by atoms with van der Waals surface area (Å²) in [6.45, 7) is 3.79. The molecule has 0 saturated heterocycles. The topological polar surface area (TPSA) is 86.8 Å². The quantitative estimate of drug-likeness (QED) is 0.430. The molecule has 0 heterocycles. The fourth-order valence-electron chi connectivity index (χ4n) is 2.62. The van der Waals surface area contributed by atoms with Crippen LogP contribution in [0.25, 0.3) is 0 Å². The molecule has 0 aromatic rings. The number of rotatable bonds is 14. The van der Waals surface area contributed by atoms with E-state index < -0.39 is 11.6 Å². The Bertz CT molecular complexity index is 281. The predicted molar refractivity (Wildman–Crippen MR) is 90.7 cm³/mol. The van der Waals surface area contributed by atoms with E-state index in [1.807, 2.05) is 0 Å². The van der Waals surface area contributed by atoms with Gasteiger partial charge in [0, 0.05) is 6.54 Å². The van der Waals surface area contributed by atoms with Gasteiger partial charge in [-0.15, -0.1) is 0 Å². The van der Waals surface area contributed by atoms with E-state index in [1.165, 1.54) is 49.8 Å². The molecule has 5 heteroatoms. The van der Waals surface area contributed by atoms with Crippen LogP contribution >= 0.6 is 0 Å². The number of aliphatic hydroxyl groups excluding tert-OH is 2. The number of aliphatic hydroxyl groups is 2. The Morgan fingerprint density at radius 1 is 0.909 bits per heavy atom. The van der Waals surface area contributed by atoms with Gasteiger partial charge < -0.3 is 20.8 Å². The molecule has 0 rings (SSSR count). The van der Waals surface area contributed by atoms with E-state index in [4.69, 9.17) is 5.73 Å². The van der Waals surface area contributed by atoms with Gasteiger partial charge in [0.1, 0.15) is 0 Å². The van der Waals surface area contributed by atoms with E-state index in [2.05, 4.69) is 6.92 Å². The van der Waals surface area contributed by atoms with Crippen molar-refractivity contribution in [2.45, 2.75) is 83.6 Å². The zero-order chi connectivity index (χ0) is 16.8. The number of carbonyl (C=O) groups is 1.